The summed E-state index contributed by atoms with van der Waals surface area (Å²) >= 11 is 0. The number of carbonyl (C=O) groups is 3. The van der Waals surface area contributed by atoms with E-state index in [9.17, 15) is 34.8 Å². The van der Waals surface area contributed by atoms with Gasteiger partial charge in [0.15, 0.2) is 0 Å². The summed E-state index contributed by atoms with van der Waals surface area (Å²) in [6.07, 6.45) is -3.88. The Labute approximate surface area is 202 Å². The van der Waals surface area contributed by atoms with E-state index in [4.69, 9.17) is 5.73 Å². The number of carbonyl (C=O) groups excluding carboxylic acids is 3. The van der Waals surface area contributed by atoms with Crippen molar-refractivity contribution in [1.29, 1.82) is 0 Å². The van der Waals surface area contributed by atoms with E-state index in [2.05, 4.69) is 16.0 Å². The molecule has 2 aromatic carbocycles. The van der Waals surface area contributed by atoms with Crippen molar-refractivity contribution < 1.29 is 34.8 Å². The van der Waals surface area contributed by atoms with E-state index in [1.165, 1.54) is 12.1 Å². The van der Waals surface area contributed by atoms with Gasteiger partial charge in [-0.15, -0.1) is 0 Å². The highest BCUT2D eigenvalue weighted by molar-refractivity contribution is 5.92. The first-order valence-electron chi connectivity index (χ1n) is 11.1. The second-order valence-electron chi connectivity index (χ2n) is 8.87. The molecule has 0 aliphatic heterocycles. The number of hydrogen-bond donors (Lipinski definition) is 8. The molecule has 0 heterocycles. The smallest absolute Gasteiger partial charge is 0.319 e. The molecule has 4 amide bonds. The summed E-state index contributed by atoms with van der Waals surface area (Å²) in [6, 6.07) is 9.86. The van der Waals surface area contributed by atoms with Crippen molar-refractivity contribution in [2.45, 2.75) is 56.1 Å². The molecule has 0 spiro atoms. The summed E-state index contributed by atoms with van der Waals surface area (Å²) in [5, 5.41) is 48.5. The van der Waals surface area contributed by atoms with Crippen LogP contribution in [0.25, 0.3) is 0 Å². The van der Waals surface area contributed by atoms with Gasteiger partial charge in [-0.1, -0.05) is 29.8 Å². The van der Waals surface area contributed by atoms with E-state index in [1.54, 1.807) is 36.4 Å². The van der Waals surface area contributed by atoms with Crippen molar-refractivity contribution in [2.24, 2.45) is 5.73 Å². The number of hydrogen-bond acceptors (Lipinski definition) is 7. The number of nitrogens with two attached hydrogens (primary N) is 1. The lowest BCUT2D eigenvalue weighted by atomic mass is 9.77. The minimum Gasteiger partial charge on any atom is -0.508 e. The average molecular weight is 487 g/mol. The van der Waals surface area contributed by atoms with Crippen LogP contribution in [0.5, 0.6) is 5.75 Å². The van der Waals surface area contributed by atoms with Gasteiger partial charge in [-0.25, -0.2) is 4.79 Å². The fourth-order valence-corrected chi connectivity index (χ4v) is 3.98. The molecule has 1 aliphatic carbocycles. The zero-order chi connectivity index (χ0) is 25.8. The second kappa shape index (κ2) is 10.7. The number of primary amides is 1. The molecule has 2 aromatic rings. The summed E-state index contributed by atoms with van der Waals surface area (Å²) in [6.45, 7) is 1.89. The van der Waals surface area contributed by atoms with Crippen molar-refractivity contribution in [2.75, 3.05) is 5.32 Å². The predicted molar refractivity (Wildman–Crippen MR) is 126 cm³/mol. The van der Waals surface area contributed by atoms with Gasteiger partial charge in [0.2, 0.25) is 5.91 Å². The van der Waals surface area contributed by atoms with Crippen molar-refractivity contribution in [3.8, 4) is 5.75 Å². The van der Waals surface area contributed by atoms with Crippen LogP contribution in [-0.2, 0) is 16.0 Å². The number of benzene rings is 2. The van der Waals surface area contributed by atoms with Crippen LogP contribution >= 0.6 is 0 Å². The molecular formula is C24H30N4O7. The van der Waals surface area contributed by atoms with Crippen molar-refractivity contribution >= 4 is 23.5 Å². The van der Waals surface area contributed by atoms with Gasteiger partial charge in [0.05, 0.1) is 12.1 Å². The zero-order valence-electron chi connectivity index (χ0n) is 19.1. The van der Waals surface area contributed by atoms with Gasteiger partial charge in [-0.2, -0.15) is 0 Å². The standard InChI is InChI=1S/C24H30N4O7/c1-13-2-6-15(7-3-13)26-23(34)28-18-11-24(35,12-19(30)20(18)31)22(33)27-17(21(25)32)10-14-4-8-16(29)9-5-14/h2-9,17-20,29-31,35H,10-12H2,1H3,(H2,25,32)(H,27,33)(H2,26,28,34)/t17-,18-,19+,20+,24-/m0/s1. The maximum absolute atomic E-state index is 13.0. The summed E-state index contributed by atoms with van der Waals surface area (Å²) < 4.78 is 0. The number of phenols is 1. The first-order valence-corrected chi connectivity index (χ1v) is 11.1. The molecule has 1 fully saturated rings. The van der Waals surface area contributed by atoms with Crippen LogP contribution in [0.3, 0.4) is 0 Å². The molecule has 188 valence electrons. The van der Waals surface area contributed by atoms with Crippen LogP contribution in [0, 0.1) is 6.92 Å². The number of amides is 4. The first kappa shape index (κ1) is 25.9. The Morgan fingerprint density at radius 3 is 2.29 bits per heavy atom. The van der Waals surface area contributed by atoms with Gasteiger partial charge >= 0.3 is 6.03 Å². The number of nitrogens with one attached hydrogen (secondary N) is 3. The molecule has 5 atom stereocenters. The minimum absolute atomic E-state index is 0.00322. The third-order valence-corrected chi connectivity index (χ3v) is 5.98. The Bertz CT molecular complexity index is 1060. The second-order valence-corrected chi connectivity index (χ2v) is 8.87. The Kier molecular flexibility index (Phi) is 7.95. The summed E-state index contributed by atoms with van der Waals surface area (Å²) in [7, 11) is 0. The highest BCUT2D eigenvalue weighted by Gasteiger charge is 2.49. The molecule has 0 bridgehead atoms. The summed E-state index contributed by atoms with van der Waals surface area (Å²) in [5.41, 5.74) is 5.32. The number of phenolic OH excluding ortho intramolecular Hbond substituents is 1. The van der Waals surface area contributed by atoms with Crippen LogP contribution in [0.15, 0.2) is 48.5 Å². The van der Waals surface area contributed by atoms with E-state index in [0.717, 1.165) is 5.56 Å². The number of aliphatic hydroxyl groups is 3. The Morgan fingerprint density at radius 2 is 1.69 bits per heavy atom. The largest absolute Gasteiger partial charge is 0.508 e. The lowest BCUT2D eigenvalue weighted by Gasteiger charge is -2.41. The Hall–Kier alpha value is -3.67. The molecule has 9 N–H and O–H groups in total. The third kappa shape index (κ3) is 6.69. The third-order valence-electron chi connectivity index (χ3n) is 5.98. The molecule has 1 aliphatic rings. The lowest BCUT2D eigenvalue weighted by molar-refractivity contribution is -0.158. The van der Waals surface area contributed by atoms with Gasteiger partial charge in [-0.3, -0.25) is 9.59 Å². The molecule has 0 unspecified atom stereocenters. The zero-order valence-corrected chi connectivity index (χ0v) is 19.1. The fourth-order valence-electron chi connectivity index (χ4n) is 3.98. The van der Waals surface area contributed by atoms with Crippen molar-refractivity contribution in [3.63, 3.8) is 0 Å². The van der Waals surface area contributed by atoms with Crippen LogP contribution in [-0.4, -0.2) is 68.2 Å². The molecule has 0 saturated heterocycles. The quantitative estimate of drug-likeness (QED) is 0.262. The van der Waals surface area contributed by atoms with E-state index in [-0.39, 0.29) is 12.2 Å². The molecule has 0 aromatic heterocycles. The number of rotatable bonds is 7. The van der Waals surface area contributed by atoms with E-state index in [1.807, 2.05) is 6.92 Å². The molecule has 3 rings (SSSR count). The Balaban J connectivity index is 1.68. The monoisotopic (exact) mass is 486 g/mol. The highest BCUT2D eigenvalue weighted by atomic mass is 16.3. The maximum atomic E-state index is 13.0. The number of urea groups is 1. The topological polar surface area (TPSA) is 194 Å². The summed E-state index contributed by atoms with van der Waals surface area (Å²) in [5.74, 6) is -1.79. The molecular weight excluding hydrogens is 456 g/mol. The Morgan fingerprint density at radius 1 is 1.06 bits per heavy atom. The number of aliphatic hydroxyl groups excluding tert-OH is 2. The van der Waals surface area contributed by atoms with Gasteiger partial charge in [-0.05, 0) is 36.8 Å². The number of aryl methyl sites for hydroxylation is 1. The predicted octanol–water partition coefficient (Wildman–Crippen LogP) is -0.350. The number of aromatic hydroxyl groups is 1. The van der Waals surface area contributed by atoms with Crippen LogP contribution < -0.4 is 21.7 Å². The highest BCUT2D eigenvalue weighted by Crippen LogP contribution is 2.30. The number of anilines is 1. The lowest BCUT2D eigenvalue weighted by Crippen LogP contribution is -2.64. The normalized spacial score (nSPS) is 24.7. The minimum atomic E-state index is -2.19. The van der Waals surface area contributed by atoms with E-state index >= 15 is 0 Å². The SMILES string of the molecule is Cc1ccc(NC(=O)N[C@H]2C[C@@](O)(C(=O)N[C@@H](Cc3ccc(O)cc3)C(N)=O)C[C@@H](O)[C@@H]2O)cc1. The maximum Gasteiger partial charge on any atom is 0.319 e. The van der Waals surface area contributed by atoms with Crippen molar-refractivity contribution in [1.82, 2.24) is 10.6 Å². The van der Waals surface area contributed by atoms with Crippen molar-refractivity contribution in [3.05, 3.63) is 59.7 Å². The summed E-state index contributed by atoms with van der Waals surface area (Å²) in [4.78, 5) is 37.3. The van der Waals surface area contributed by atoms with Crippen LogP contribution in [0.1, 0.15) is 24.0 Å². The first-order chi connectivity index (χ1) is 16.5. The van der Waals surface area contributed by atoms with Crippen LogP contribution in [0.4, 0.5) is 10.5 Å². The fraction of sp³-hybridized carbons (Fsp3) is 0.375. The molecule has 1 saturated carbocycles. The van der Waals surface area contributed by atoms with Crippen LogP contribution in [0.2, 0.25) is 0 Å². The molecule has 35 heavy (non-hydrogen) atoms. The van der Waals surface area contributed by atoms with E-state index in [0.29, 0.717) is 11.3 Å². The average Bonchev–Trinajstić information content (AvgIpc) is 2.79. The van der Waals surface area contributed by atoms with Gasteiger partial charge in [0.1, 0.15) is 23.5 Å². The molecule has 11 heteroatoms. The van der Waals surface area contributed by atoms with Gasteiger partial charge in [0.25, 0.3) is 5.91 Å². The molecule has 11 nitrogen and oxygen atoms in total. The van der Waals surface area contributed by atoms with E-state index < -0.39 is 60.6 Å². The molecule has 0 radical (unpaired) electrons. The van der Waals surface area contributed by atoms with Gasteiger partial charge in [0, 0.05) is 24.9 Å². The van der Waals surface area contributed by atoms with Gasteiger partial charge < -0.3 is 42.1 Å².